The van der Waals surface area contributed by atoms with E-state index in [-0.39, 0.29) is 12.4 Å². The summed E-state index contributed by atoms with van der Waals surface area (Å²) >= 11 is 3.35. The van der Waals surface area contributed by atoms with Crippen LogP contribution in [0, 0.1) is 0 Å². The van der Waals surface area contributed by atoms with Gasteiger partial charge in [0.1, 0.15) is 12.4 Å². The van der Waals surface area contributed by atoms with E-state index >= 15 is 0 Å². The SMILES string of the molecule is CC(=O)COc1ccc2c(c1Br)B(O)OC2. The number of carbonyl (C=O) groups excluding carboxylic acids is 1. The van der Waals surface area contributed by atoms with Crippen LogP contribution in [-0.4, -0.2) is 24.5 Å². The number of fused-ring (bicyclic) bond motifs is 1. The lowest BCUT2D eigenvalue weighted by Gasteiger charge is -2.09. The Kier molecular flexibility index (Phi) is 3.32. The molecule has 0 spiro atoms. The lowest BCUT2D eigenvalue weighted by atomic mass is 9.79. The van der Waals surface area contributed by atoms with E-state index in [2.05, 4.69) is 15.9 Å². The third-order valence-electron chi connectivity index (χ3n) is 2.31. The fraction of sp³-hybridized carbons (Fsp3) is 0.300. The van der Waals surface area contributed by atoms with Crippen LogP contribution in [0.4, 0.5) is 0 Å². The van der Waals surface area contributed by atoms with E-state index in [0.29, 0.717) is 22.3 Å². The Hall–Kier alpha value is -0.845. The van der Waals surface area contributed by atoms with E-state index in [9.17, 15) is 9.82 Å². The summed E-state index contributed by atoms with van der Waals surface area (Å²) < 4.78 is 11.0. The third-order valence-corrected chi connectivity index (χ3v) is 3.13. The summed E-state index contributed by atoms with van der Waals surface area (Å²) in [7, 11) is -0.926. The van der Waals surface area contributed by atoms with Crippen LogP contribution in [0.3, 0.4) is 0 Å². The monoisotopic (exact) mass is 284 g/mol. The Morgan fingerprint density at radius 1 is 1.69 bits per heavy atom. The van der Waals surface area contributed by atoms with Crippen molar-refractivity contribution < 1.29 is 19.2 Å². The zero-order valence-corrected chi connectivity index (χ0v) is 10.3. The molecule has 0 radical (unpaired) electrons. The van der Waals surface area contributed by atoms with Crippen LogP contribution >= 0.6 is 15.9 Å². The molecule has 0 aliphatic carbocycles. The molecule has 1 aromatic carbocycles. The molecule has 2 rings (SSSR count). The maximum absolute atomic E-state index is 10.8. The second kappa shape index (κ2) is 4.57. The fourth-order valence-corrected chi connectivity index (χ4v) is 2.25. The lowest BCUT2D eigenvalue weighted by molar-refractivity contribution is -0.118. The molecule has 0 unspecified atom stereocenters. The molecule has 16 heavy (non-hydrogen) atoms. The van der Waals surface area contributed by atoms with Gasteiger partial charge in [-0.25, -0.2) is 0 Å². The van der Waals surface area contributed by atoms with Crippen LogP contribution in [0.5, 0.6) is 5.75 Å². The molecular formula is C10H10BBrO4. The van der Waals surface area contributed by atoms with Gasteiger partial charge in [0.2, 0.25) is 0 Å². The molecule has 0 fully saturated rings. The summed E-state index contributed by atoms with van der Waals surface area (Å²) in [5.74, 6) is 0.489. The van der Waals surface area contributed by atoms with Gasteiger partial charge in [-0.1, -0.05) is 6.07 Å². The molecule has 4 nitrogen and oxygen atoms in total. The quantitative estimate of drug-likeness (QED) is 0.828. The predicted octanol–water partition coefficient (Wildman–Crippen LogP) is 0.635. The van der Waals surface area contributed by atoms with E-state index in [4.69, 9.17) is 9.39 Å². The maximum Gasteiger partial charge on any atom is 0.493 e. The highest BCUT2D eigenvalue weighted by atomic mass is 79.9. The smallest absolute Gasteiger partial charge is 0.485 e. The highest BCUT2D eigenvalue weighted by Gasteiger charge is 2.31. The van der Waals surface area contributed by atoms with Crippen molar-refractivity contribution in [2.45, 2.75) is 13.5 Å². The minimum atomic E-state index is -0.926. The van der Waals surface area contributed by atoms with Gasteiger partial charge >= 0.3 is 7.12 Å². The molecule has 1 aliphatic rings. The van der Waals surface area contributed by atoms with Gasteiger partial charge in [0.05, 0.1) is 11.1 Å². The van der Waals surface area contributed by atoms with Gasteiger partial charge in [-0.15, -0.1) is 0 Å². The van der Waals surface area contributed by atoms with Crippen LogP contribution < -0.4 is 10.2 Å². The number of halogens is 1. The van der Waals surface area contributed by atoms with E-state index in [1.54, 1.807) is 6.07 Å². The van der Waals surface area contributed by atoms with Gasteiger partial charge in [-0.3, -0.25) is 4.79 Å². The minimum absolute atomic E-state index is 0.0222. The molecule has 1 aliphatic heterocycles. The molecule has 0 amide bonds. The third kappa shape index (κ3) is 2.14. The molecule has 0 aromatic heterocycles. The summed E-state index contributed by atoms with van der Waals surface area (Å²) in [5.41, 5.74) is 1.61. The molecule has 1 heterocycles. The highest BCUT2D eigenvalue weighted by molar-refractivity contribution is 9.10. The van der Waals surface area contributed by atoms with Gasteiger partial charge in [0.25, 0.3) is 0 Å². The Balaban J connectivity index is 2.28. The number of Topliss-reactive ketones (excluding diaryl/α,β-unsaturated/α-hetero) is 1. The zero-order valence-electron chi connectivity index (χ0n) is 8.70. The summed E-state index contributed by atoms with van der Waals surface area (Å²) in [6.45, 7) is 1.87. The average Bonchev–Trinajstić information content (AvgIpc) is 2.60. The van der Waals surface area contributed by atoms with Crippen molar-refractivity contribution in [2.75, 3.05) is 6.61 Å². The van der Waals surface area contributed by atoms with Crippen molar-refractivity contribution in [3.05, 3.63) is 22.2 Å². The summed E-state index contributed by atoms with van der Waals surface area (Å²) in [4.78, 5) is 10.8. The van der Waals surface area contributed by atoms with Gasteiger partial charge < -0.3 is 14.4 Å². The van der Waals surface area contributed by atoms with Crippen LogP contribution in [0.25, 0.3) is 0 Å². The van der Waals surface area contributed by atoms with Crippen molar-refractivity contribution in [2.24, 2.45) is 0 Å². The van der Waals surface area contributed by atoms with Crippen molar-refractivity contribution >= 4 is 34.3 Å². The van der Waals surface area contributed by atoms with E-state index in [1.165, 1.54) is 6.92 Å². The average molecular weight is 285 g/mol. The first-order valence-corrected chi connectivity index (χ1v) is 5.62. The first kappa shape index (κ1) is 11.6. The van der Waals surface area contributed by atoms with Crippen molar-refractivity contribution in [3.8, 4) is 5.75 Å². The minimum Gasteiger partial charge on any atom is -0.485 e. The molecule has 6 heteroatoms. The fourth-order valence-electron chi connectivity index (χ4n) is 1.55. The van der Waals surface area contributed by atoms with Gasteiger partial charge in [0.15, 0.2) is 5.78 Å². The first-order valence-electron chi connectivity index (χ1n) is 4.82. The van der Waals surface area contributed by atoms with Crippen LogP contribution in [0.15, 0.2) is 16.6 Å². The normalized spacial score (nSPS) is 13.8. The summed E-state index contributed by atoms with van der Waals surface area (Å²) in [6.07, 6.45) is 0. The number of rotatable bonds is 3. The van der Waals surface area contributed by atoms with Gasteiger partial charge in [-0.05, 0) is 34.5 Å². The van der Waals surface area contributed by atoms with Crippen LogP contribution in [0.2, 0.25) is 0 Å². The summed E-state index contributed by atoms with van der Waals surface area (Å²) in [5, 5.41) is 9.59. The Morgan fingerprint density at radius 2 is 2.44 bits per heavy atom. The van der Waals surface area contributed by atoms with Crippen molar-refractivity contribution in [1.29, 1.82) is 0 Å². The van der Waals surface area contributed by atoms with E-state index in [1.807, 2.05) is 6.07 Å². The molecule has 84 valence electrons. The number of benzene rings is 1. The molecule has 0 atom stereocenters. The molecule has 0 bridgehead atoms. The van der Waals surface area contributed by atoms with Crippen LogP contribution in [-0.2, 0) is 16.1 Å². The van der Waals surface area contributed by atoms with E-state index in [0.717, 1.165) is 5.56 Å². The highest BCUT2D eigenvalue weighted by Crippen LogP contribution is 2.27. The topological polar surface area (TPSA) is 55.8 Å². The molecular weight excluding hydrogens is 275 g/mol. The van der Waals surface area contributed by atoms with Gasteiger partial charge in [-0.2, -0.15) is 0 Å². The number of carbonyl (C=O) groups is 1. The number of hydrogen-bond acceptors (Lipinski definition) is 4. The Labute approximate surface area is 102 Å². The van der Waals surface area contributed by atoms with Crippen molar-refractivity contribution in [3.63, 3.8) is 0 Å². The largest absolute Gasteiger partial charge is 0.493 e. The second-order valence-electron chi connectivity index (χ2n) is 3.60. The first-order chi connectivity index (χ1) is 7.59. The molecule has 0 saturated carbocycles. The molecule has 1 aromatic rings. The standard InChI is InChI=1S/C10H10BBrO4/c1-6(13)4-15-8-3-2-7-5-16-11(14)9(7)10(8)12/h2-3,14H,4-5H2,1H3. The molecule has 1 N–H and O–H groups in total. The van der Waals surface area contributed by atoms with Crippen molar-refractivity contribution in [1.82, 2.24) is 0 Å². The summed E-state index contributed by atoms with van der Waals surface area (Å²) in [6, 6.07) is 3.58. The predicted molar refractivity (Wildman–Crippen MR) is 62.7 cm³/mol. The van der Waals surface area contributed by atoms with E-state index < -0.39 is 7.12 Å². The Bertz CT molecular complexity index is 435. The zero-order chi connectivity index (χ0) is 11.7. The lowest BCUT2D eigenvalue weighted by Crippen LogP contribution is -2.29. The van der Waals surface area contributed by atoms with Crippen LogP contribution in [0.1, 0.15) is 12.5 Å². The number of ether oxygens (including phenoxy) is 1. The maximum atomic E-state index is 10.8. The van der Waals surface area contributed by atoms with Gasteiger partial charge in [0, 0.05) is 5.46 Å². The Morgan fingerprint density at radius 3 is 3.12 bits per heavy atom. The number of hydrogen-bond donors (Lipinski definition) is 1. The molecule has 0 saturated heterocycles. The number of ketones is 1. The second-order valence-corrected chi connectivity index (χ2v) is 4.40.